The molecule has 0 amide bonds. The number of para-hydroxylation sites is 2. The van der Waals surface area contributed by atoms with Crippen LogP contribution in [0.5, 0.6) is 0 Å². The lowest BCUT2D eigenvalue weighted by Gasteiger charge is -2.48. The van der Waals surface area contributed by atoms with Crippen LogP contribution in [-0.4, -0.2) is 26.5 Å². The molecular weight excluding hydrogens is 851 g/mol. The van der Waals surface area contributed by atoms with Crippen molar-refractivity contribution in [3.05, 3.63) is 226 Å². The van der Waals surface area contributed by atoms with E-state index in [0.717, 1.165) is 33.9 Å². The predicted molar refractivity (Wildman–Crippen MR) is 296 cm³/mol. The van der Waals surface area contributed by atoms with Gasteiger partial charge in [-0.3, -0.25) is 9.56 Å². The Bertz CT molecular complexity index is 3490. The molecule has 0 bridgehead atoms. The number of aliphatic imine (C=N–C) groups is 1. The topological polar surface area (TPSA) is 36.7 Å². The van der Waals surface area contributed by atoms with Gasteiger partial charge in [-0.2, -0.15) is 0 Å². The summed E-state index contributed by atoms with van der Waals surface area (Å²) in [6.45, 7) is 27.8. The van der Waals surface area contributed by atoms with Gasteiger partial charge in [-0.15, -0.1) is 0 Å². The number of benzene rings is 7. The zero-order chi connectivity index (χ0) is 49.1. The van der Waals surface area contributed by atoms with E-state index in [0.29, 0.717) is 0 Å². The van der Waals surface area contributed by atoms with Gasteiger partial charge in [-0.05, 0) is 141 Å². The highest BCUT2D eigenvalue weighted by atomic mass is 15.3. The van der Waals surface area contributed by atoms with Crippen LogP contribution in [0.3, 0.4) is 0 Å². The van der Waals surface area contributed by atoms with Crippen LogP contribution in [0.25, 0.3) is 27.6 Å². The van der Waals surface area contributed by atoms with Crippen molar-refractivity contribution in [3.8, 4) is 5.82 Å². The fourth-order valence-electron chi connectivity index (χ4n) is 12.2. The molecule has 0 radical (unpaired) electrons. The molecule has 7 aromatic carbocycles. The maximum Gasteiger partial charge on any atom is 0.137 e. The molecule has 0 N–H and O–H groups in total. The summed E-state index contributed by atoms with van der Waals surface area (Å²) < 4.78 is 2.38. The Morgan fingerprint density at radius 2 is 1.16 bits per heavy atom. The summed E-state index contributed by atoms with van der Waals surface area (Å²) in [6, 6.07) is 60.9. The Kier molecular flexibility index (Phi) is 10.4. The van der Waals surface area contributed by atoms with E-state index < -0.39 is 11.1 Å². The average molecular weight is 916 g/mol. The average Bonchev–Trinajstić information content (AvgIpc) is 3.76. The second-order valence-corrected chi connectivity index (χ2v) is 22.3. The molecule has 1 atom stereocenters. The third-order valence-corrected chi connectivity index (χ3v) is 16.1. The molecule has 0 saturated heterocycles. The molecule has 0 saturated carbocycles. The van der Waals surface area contributed by atoms with Gasteiger partial charge >= 0.3 is 0 Å². The number of anilines is 4. The summed E-state index contributed by atoms with van der Waals surface area (Å²) in [4.78, 5) is 16.3. The van der Waals surface area contributed by atoms with E-state index in [9.17, 15) is 0 Å². The van der Waals surface area contributed by atoms with Gasteiger partial charge in [0.25, 0.3) is 0 Å². The number of pyridine rings is 1. The van der Waals surface area contributed by atoms with Gasteiger partial charge in [0.2, 0.25) is 0 Å². The predicted octanol–water partition coefficient (Wildman–Crippen LogP) is 16.5. The Balaban J connectivity index is 1.18. The lowest BCUT2D eigenvalue weighted by Crippen LogP contribution is -2.57. The van der Waals surface area contributed by atoms with Crippen molar-refractivity contribution in [2.24, 2.45) is 4.99 Å². The summed E-state index contributed by atoms with van der Waals surface area (Å²) >= 11 is 0. The summed E-state index contributed by atoms with van der Waals surface area (Å²) in [5.41, 5.74) is 17.9. The third-order valence-electron chi connectivity index (χ3n) is 16.1. The van der Waals surface area contributed by atoms with Crippen LogP contribution in [-0.2, 0) is 10.8 Å². The van der Waals surface area contributed by atoms with E-state index in [1.807, 2.05) is 6.20 Å². The highest BCUT2D eigenvalue weighted by Crippen LogP contribution is 2.56. The molecule has 350 valence electrons. The van der Waals surface area contributed by atoms with Gasteiger partial charge in [0.15, 0.2) is 0 Å². The number of amidine groups is 1. The van der Waals surface area contributed by atoms with E-state index in [1.54, 1.807) is 0 Å². The second kappa shape index (κ2) is 16.2. The molecule has 11 rings (SSSR count). The Hall–Kier alpha value is -7.24. The van der Waals surface area contributed by atoms with Crippen molar-refractivity contribution in [2.45, 2.75) is 111 Å². The maximum atomic E-state index is 6.13. The summed E-state index contributed by atoms with van der Waals surface area (Å²) in [5, 5.41) is 2.45. The Morgan fingerprint density at radius 1 is 0.529 bits per heavy atom. The van der Waals surface area contributed by atoms with Crippen molar-refractivity contribution >= 4 is 50.4 Å². The van der Waals surface area contributed by atoms with Crippen molar-refractivity contribution in [1.82, 2.24) is 9.55 Å². The lowest BCUT2D eigenvalue weighted by molar-refractivity contribution is 0.279. The SMILES string of the molecule is Cc1cc(C)c(N2C(c3ccc(C)c(N4c5ccccc5C(C)(C)c5cc6c7ccccc7n(-c7cc(C(C)(C)C)ccn7)c6cc54)c3)=N[C@](C)(C(c3ccccc3)c3ccccc3)C2(C)C)c(C)c1. The van der Waals surface area contributed by atoms with Gasteiger partial charge < -0.3 is 9.80 Å². The number of hydrogen-bond donors (Lipinski definition) is 0. The Morgan fingerprint density at radius 3 is 1.83 bits per heavy atom. The van der Waals surface area contributed by atoms with Crippen molar-refractivity contribution in [2.75, 3.05) is 9.80 Å². The van der Waals surface area contributed by atoms with Gasteiger partial charge in [-0.1, -0.05) is 162 Å². The molecule has 5 heteroatoms. The molecule has 70 heavy (non-hydrogen) atoms. The first-order chi connectivity index (χ1) is 33.4. The minimum atomic E-state index is -0.606. The summed E-state index contributed by atoms with van der Waals surface area (Å²) in [5.74, 6) is 1.87. The quantitative estimate of drug-likeness (QED) is 0.160. The van der Waals surface area contributed by atoms with E-state index in [4.69, 9.17) is 9.98 Å². The van der Waals surface area contributed by atoms with Crippen LogP contribution in [0.1, 0.15) is 117 Å². The fraction of sp³-hybridized carbons (Fsp3) is 0.262. The minimum Gasteiger partial charge on any atom is -0.318 e. The van der Waals surface area contributed by atoms with Crippen LogP contribution >= 0.6 is 0 Å². The van der Waals surface area contributed by atoms with Gasteiger partial charge in [0, 0.05) is 45.2 Å². The number of hydrogen-bond acceptors (Lipinski definition) is 4. The first-order valence-electron chi connectivity index (χ1n) is 25.0. The molecule has 4 heterocycles. The largest absolute Gasteiger partial charge is 0.318 e. The summed E-state index contributed by atoms with van der Waals surface area (Å²) in [6.07, 6.45) is 1.97. The van der Waals surface area contributed by atoms with Crippen LogP contribution in [0.2, 0.25) is 0 Å². The highest BCUT2D eigenvalue weighted by Gasteiger charge is 2.57. The molecule has 9 aromatic rings. The van der Waals surface area contributed by atoms with E-state index in [2.05, 4.69) is 261 Å². The fourth-order valence-corrected chi connectivity index (χ4v) is 12.2. The maximum absolute atomic E-state index is 6.13. The second-order valence-electron chi connectivity index (χ2n) is 22.3. The first kappa shape index (κ1) is 45.2. The monoisotopic (exact) mass is 916 g/mol. The first-order valence-corrected chi connectivity index (χ1v) is 25.0. The van der Waals surface area contributed by atoms with Crippen molar-refractivity contribution in [1.29, 1.82) is 0 Å². The van der Waals surface area contributed by atoms with E-state index in [-0.39, 0.29) is 16.7 Å². The summed E-state index contributed by atoms with van der Waals surface area (Å²) in [7, 11) is 0. The number of rotatable bonds is 7. The molecule has 0 aliphatic carbocycles. The van der Waals surface area contributed by atoms with Crippen molar-refractivity contribution in [3.63, 3.8) is 0 Å². The van der Waals surface area contributed by atoms with Crippen LogP contribution in [0.15, 0.2) is 175 Å². The molecule has 2 aliphatic rings. The standard InChI is InChI=1S/C65H65N5/c1-41-35-43(3)60(44(4)36-41)70-61(67-65(12,64(70,10)11)59(45-23-15-13-16-24-45)46-25-17-14-18-26-46)47-32-31-42(2)55(37-47)68-54-30-22-20-28-51(54)63(8,9)52-39-50-49-27-19-21-29-53(49)69(56(50)40-57(52)68)58-38-48(33-34-66-58)62(5,6)7/h13-40,59H,1-12H3/t65-/m1/s1. The zero-order valence-corrected chi connectivity index (χ0v) is 43.0. The van der Waals surface area contributed by atoms with Crippen molar-refractivity contribution < 1.29 is 0 Å². The van der Waals surface area contributed by atoms with Crippen LogP contribution in [0.4, 0.5) is 22.7 Å². The van der Waals surface area contributed by atoms with Gasteiger partial charge in [0.05, 0.1) is 33.5 Å². The van der Waals surface area contributed by atoms with Gasteiger partial charge in [-0.25, -0.2) is 4.98 Å². The van der Waals surface area contributed by atoms with Crippen LogP contribution in [0, 0.1) is 27.7 Å². The molecule has 2 aliphatic heterocycles. The Labute approximate surface area is 415 Å². The number of aromatic nitrogens is 2. The highest BCUT2D eigenvalue weighted by molar-refractivity contribution is 6.15. The molecule has 0 unspecified atom stereocenters. The number of aryl methyl sites for hydroxylation is 4. The normalized spacial score (nSPS) is 17.3. The van der Waals surface area contributed by atoms with E-state index in [1.165, 1.54) is 77.9 Å². The number of nitrogens with zero attached hydrogens (tertiary/aromatic N) is 5. The smallest absolute Gasteiger partial charge is 0.137 e. The molecule has 0 fully saturated rings. The molecular formula is C65H65N5. The lowest BCUT2D eigenvalue weighted by atomic mass is 9.67. The minimum absolute atomic E-state index is 0.0308. The van der Waals surface area contributed by atoms with Gasteiger partial charge in [0.1, 0.15) is 11.7 Å². The molecule has 5 nitrogen and oxygen atoms in total. The third kappa shape index (κ3) is 6.87. The molecule has 2 aromatic heterocycles. The van der Waals surface area contributed by atoms with Crippen LogP contribution < -0.4 is 9.80 Å². The van der Waals surface area contributed by atoms with E-state index >= 15 is 0 Å². The molecule has 0 spiro atoms. The zero-order valence-electron chi connectivity index (χ0n) is 43.0. The number of fused-ring (bicyclic) bond motifs is 5.